The van der Waals surface area contributed by atoms with E-state index in [0.29, 0.717) is 29.4 Å². The maximum atomic E-state index is 12.7. The molecule has 3 rings (SSSR count). The number of amides is 2. The van der Waals surface area contributed by atoms with Gasteiger partial charge >= 0.3 is 6.03 Å². The fourth-order valence-electron chi connectivity index (χ4n) is 2.59. The smallest absolute Gasteiger partial charge is 0.307 e. The van der Waals surface area contributed by atoms with E-state index in [1.165, 1.54) is 4.52 Å². The van der Waals surface area contributed by atoms with E-state index < -0.39 is 6.03 Å². The zero-order valence-electron chi connectivity index (χ0n) is 14.4. The number of hydrogen-bond donors (Lipinski definition) is 3. The average molecular weight is 340 g/mol. The highest BCUT2D eigenvalue weighted by molar-refractivity contribution is 6.00. The molecule has 2 amide bonds. The number of urea groups is 1. The number of anilines is 2. The van der Waals surface area contributed by atoms with Gasteiger partial charge in [0.05, 0.1) is 5.69 Å². The Bertz CT molecular complexity index is 988. The Hall–Kier alpha value is -3.16. The van der Waals surface area contributed by atoms with Gasteiger partial charge in [0.15, 0.2) is 0 Å². The van der Waals surface area contributed by atoms with Crippen LogP contribution in [0.1, 0.15) is 30.4 Å². The number of aromatic amines is 1. The normalized spacial score (nSPS) is 10.8. The molecule has 0 aliphatic heterocycles. The minimum absolute atomic E-state index is 0.161. The molecule has 2 aromatic heterocycles. The maximum Gasteiger partial charge on any atom is 0.323 e. The van der Waals surface area contributed by atoms with Gasteiger partial charge in [0.2, 0.25) is 0 Å². The number of rotatable bonds is 4. The summed E-state index contributed by atoms with van der Waals surface area (Å²) in [7, 11) is 0. The first-order chi connectivity index (χ1) is 12.0. The van der Waals surface area contributed by atoms with Crippen molar-refractivity contribution in [3.8, 4) is 0 Å². The van der Waals surface area contributed by atoms with Gasteiger partial charge in [-0.05, 0) is 31.9 Å². The van der Waals surface area contributed by atoms with Crippen molar-refractivity contribution in [3.63, 3.8) is 0 Å². The van der Waals surface area contributed by atoms with Crippen molar-refractivity contribution in [2.24, 2.45) is 0 Å². The predicted octanol–water partition coefficient (Wildman–Crippen LogP) is 2.63. The van der Waals surface area contributed by atoms with E-state index in [-0.39, 0.29) is 11.2 Å². The molecule has 3 N–H and O–H groups in total. The fraction of sp³-hybridized carbons (Fsp3) is 0.294. The highest BCUT2D eigenvalue weighted by Gasteiger charge is 2.17. The van der Waals surface area contributed by atoms with Crippen LogP contribution in [0.15, 0.2) is 29.1 Å². The second-order valence-electron chi connectivity index (χ2n) is 5.83. The van der Waals surface area contributed by atoms with Gasteiger partial charge in [-0.25, -0.2) is 9.78 Å². The Balaban J connectivity index is 1.95. The topological polar surface area (TPSA) is 104 Å². The summed E-state index contributed by atoms with van der Waals surface area (Å²) in [6, 6.07) is 6.94. The third-order valence-electron chi connectivity index (χ3n) is 3.80. The summed E-state index contributed by atoms with van der Waals surface area (Å²) in [5.74, 6) is 0.879. The molecule has 0 saturated carbocycles. The van der Waals surface area contributed by atoms with Gasteiger partial charge in [0.1, 0.15) is 11.5 Å². The number of carbonyl (C=O) groups excluding carboxylic acids is 1. The number of fused-ring (bicyclic) bond motifs is 1. The predicted molar refractivity (Wildman–Crippen MR) is 96.2 cm³/mol. The molecule has 0 saturated heterocycles. The maximum absolute atomic E-state index is 12.7. The highest BCUT2D eigenvalue weighted by atomic mass is 16.2. The summed E-state index contributed by atoms with van der Waals surface area (Å²) in [6.45, 7) is 5.62. The van der Waals surface area contributed by atoms with Crippen LogP contribution in [0.5, 0.6) is 0 Å². The summed E-state index contributed by atoms with van der Waals surface area (Å²) in [4.78, 5) is 33.6. The Kier molecular flexibility index (Phi) is 4.51. The van der Waals surface area contributed by atoms with Gasteiger partial charge in [-0.15, -0.1) is 0 Å². The molecule has 0 atom stereocenters. The van der Waals surface area contributed by atoms with Crippen molar-refractivity contribution in [2.45, 2.75) is 33.6 Å². The van der Waals surface area contributed by atoms with Crippen molar-refractivity contribution < 1.29 is 4.79 Å². The third kappa shape index (κ3) is 3.37. The third-order valence-corrected chi connectivity index (χ3v) is 3.80. The van der Waals surface area contributed by atoms with Crippen LogP contribution in [0.25, 0.3) is 5.78 Å². The monoisotopic (exact) mass is 340 g/mol. The quantitative estimate of drug-likeness (QED) is 0.679. The molecule has 0 unspecified atom stereocenters. The molecular formula is C17H20N6O2. The van der Waals surface area contributed by atoms with E-state index in [4.69, 9.17) is 0 Å². The number of H-pyrrole nitrogens is 1. The first-order valence-electron chi connectivity index (χ1n) is 8.11. The zero-order chi connectivity index (χ0) is 18.0. The summed E-state index contributed by atoms with van der Waals surface area (Å²) in [5, 5.41) is 8.23. The lowest BCUT2D eigenvalue weighted by atomic mass is 10.2. The first-order valence-corrected chi connectivity index (χ1v) is 8.11. The van der Waals surface area contributed by atoms with Gasteiger partial charge in [0.25, 0.3) is 11.3 Å². The second kappa shape index (κ2) is 6.76. The standard InChI is InChI=1S/C17H20N6O2/c1-4-7-13-14(15(24)23-16(19-13)18-11(3)22-23)21-17(25)20-12-9-6-5-8-10(12)2/h5-6,8-9H,4,7H2,1-3H3,(H,18,19,22)(H2,20,21,25). The number of aryl methyl sites for hydroxylation is 3. The molecule has 1 aromatic carbocycles. The van der Waals surface area contributed by atoms with Gasteiger partial charge in [-0.1, -0.05) is 31.5 Å². The molecule has 25 heavy (non-hydrogen) atoms. The molecule has 3 aromatic rings. The van der Waals surface area contributed by atoms with E-state index in [1.54, 1.807) is 13.0 Å². The number of benzene rings is 1. The molecule has 8 heteroatoms. The molecule has 0 spiro atoms. The highest BCUT2D eigenvalue weighted by Crippen LogP contribution is 2.15. The van der Waals surface area contributed by atoms with Crippen LogP contribution in [-0.4, -0.2) is 25.6 Å². The lowest BCUT2D eigenvalue weighted by Gasteiger charge is -2.11. The van der Waals surface area contributed by atoms with E-state index in [9.17, 15) is 9.59 Å². The van der Waals surface area contributed by atoms with Crippen molar-refractivity contribution >= 4 is 23.2 Å². The minimum Gasteiger partial charge on any atom is -0.307 e. The Labute approximate surface area is 144 Å². The minimum atomic E-state index is -0.484. The van der Waals surface area contributed by atoms with Gasteiger partial charge in [-0.2, -0.15) is 9.50 Å². The van der Waals surface area contributed by atoms with Crippen molar-refractivity contribution in [1.82, 2.24) is 19.6 Å². The first kappa shape index (κ1) is 16.7. The van der Waals surface area contributed by atoms with Crippen LogP contribution in [0.2, 0.25) is 0 Å². The summed E-state index contributed by atoms with van der Waals surface area (Å²) >= 11 is 0. The molecule has 0 aliphatic rings. The Morgan fingerprint density at radius 3 is 2.68 bits per heavy atom. The van der Waals surface area contributed by atoms with Crippen LogP contribution in [0, 0.1) is 13.8 Å². The van der Waals surface area contributed by atoms with Crippen LogP contribution in [0.3, 0.4) is 0 Å². The number of hydrogen-bond acceptors (Lipinski definition) is 4. The molecule has 0 bridgehead atoms. The van der Waals surface area contributed by atoms with Crippen LogP contribution in [0.4, 0.5) is 16.2 Å². The number of nitrogens with one attached hydrogen (secondary N) is 3. The second-order valence-corrected chi connectivity index (χ2v) is 5.83. The number of aromatic nitrogens is 4. The van der Waals surface area contributed by atoms with Gasteiger partial charge in [0, 0.05) is 5.69 Å². The SMILES string of the molecule is CCCc1nc2nc(C)[nH]n2c(=O)c1NC(=O)Nc1ccccc1C. The molecule has 8 nitrogen and oxygen atoms in total. The average Bonchev–Trinajstić information content (AvgIpc) is 2.94. The lowest BCUT2D eigenvalue weighted by Crippen LogP contribution is -2.28. The largest absolute Gasteiger partial charge is 0.323 e. The molecule has 2 heterocycles. The lowest BCUT2D eigenvalue weighted by molar-refractivity contribution is 0.262. The Morgan fingerprint density at radius 2 is 1.96 bits per heavy atom. The van der Waals surface area contributed by atoms with Crippen molar-refractivity contribution in [3.05, 3.63) is 51.7 Å². The summed E-state index contributed by atoms with van der Waals surface area (Å²) < 4.78 is 1.23. The van der Waals surface area contributed by atoms with Gasteiger partial charge in [-0.3, -0.25) is 9.89 Å². The van der Waals surface area contributed by atoms with E-state index >= 15 is 0 Å². The van der Waals surface area contributed by atoms with Crippen LogP contribution < -0.4 is 16.2 Å². The van der Waals surface area contributed by atoms with Gasteiger partial charge < -0.3 is 10.6 Å². The van der Waals surface area contributed by atoms with Crippen LogP contribution >= 0.6 is 0 Å². The Morgan fingerprint density at radius 1 is 1.20 bits per heavy atom. The van der Waals surface area contributed by atoms with Crippen LogP contribution in [-0.2, 0) is 6.42 Å². The number of nitrogens with zero attached hydrogens (tertiary/aromatic N) is 3. The zero-order valence-corrected chi connectivity index (χ0v) is 14.4. The summed E-state index contributed by atoms with van der Waals surface area (Å²) in [5.41, 5.74) is 1.92. The fourth-order valence-corrected chi connectivity index (χ4v) is 2.59. The van der Waals surface area contributed by atoms with E-state index in [0.717, 1.165) is 12.0 Å². The molecular weight excluding hydrogens is 320 g/mol. The number of para-hydroxylation sites is 1. The molecule has 0 aliphatic carbocycles. The molecule has 130 valence electrons. The molecule has 0 fully saturated rings. The van der Waals surface area contributed by atoms with E-state index in [1.807, 2.05) is 32.0 Å². The summed E-state index contributed by atoms with van der Waals surface area (Å²) in [6.07, 6.45) is 1.36. The number of carbonyl (C=O) groups is 1. The van der Waals surface area contributed by atoms with Crippen molar-refractivity contribution in [1.29, 1.82) is 0 Å². The van der Waals surface area contributed by atoms with Crippen molar-refractivity contribution in [2.75, 3.05) is 10.6 Å². The molecule has 0 radical (unpaired) electrons. The van der Waals surface area contributed by atoms with E-state index in [2.05, 4.69) is 25.7 Å².